The zero-order valence-corrected chi connectivity index (χ0v) is 14.5. The van der Waals surface area contributed by atoms with Crippen LogP contribution in [0.25, 0.3) is 10.9 Å². The van der Waals surface area contributed by atoms with Crippen molar-refractivity contribution in [3.8, 4) is 0 Å². The maximum Gasteiger partial charge on any atom is 0.0482 e. The first-order valence-electron chi connectivity index (χ1n) is 9.19. The summed E-state index contributed by atoms with van der Waals surface area (Å²) in [5, 5.41) is 1.45. The van der Waals surface area contributed by atoms with Gasteiger partial charge in [0.05, 0.1) is 0 Å². The Balaban J connectivity index is 1.80. The fraction of sp³-hybridized carbons (Fsp3) is 0.600. The molecule has 2 unspecified atom stereocenters. The molecule has 23 heavy (non-hydrogen) atoms. The number of nitrogens with zero attached hydrogens (tertiary/aromatic N) is 2. The number of nitrogens with two attached hydrogens (primary N) is 1. The SMILES string of the molecule is CC(N)CCc1c(C2CN3CCC2CC3)n(C)c2ccccc12. The smallest absolute Gasteiger partial charge is 0.0482 e. The van der Waals surface area contributed by atoms with Crippen LogP contribution in [0.1, 0.15) is 43.4 Å². The van der Waals surface area contributed by atoms with Gasteiger partial charge in [0.25, 0.3) is 0 Å². The summed E-state index contributed by atoms with van der Waals surface area (Å²) in [5.74, 6) is 1.58. The summed E-state index contributed by atoms with van der Waals surface area (Å²) in [4.78, 5) is 2.66. The summed E-state index contributed by atoms with van der Waals surface area (Å²) in [6, 6.07) is 9.19. The molecule has 4 heterocycles. The van der Waals surface area contributed by atoms with E-state index in [2.05, 4.69) is 47.7 Å². The fourth-order valence-electron chi connectivity index (χ4n) is 4.87. The number of hydrogen-bond acceptors (Lipinski definition) is 2. The van der Waals surface area contributed by atoms with Crippen LogP contribution in [0.15, 0.2) is 24.3 Å². The molecular weight excluding hydrogens is 282 g/mol. The van der Waals surface area contributed by atoms with Crippen LogP contribution >= 0.6 is 0 Å². The first kappa shape index (κ1) is 15.2. The third kappa shape index (κ3) is 2.60. The summed E-state index contributed by atoms with van der Waals surface area (Å²) >= 11 is 0. The number of aryl methyl sites for hydroxylation is 2. The molecule has 2 N–H and O–H groups in total. The van der Waals surface area contributed by atoms with Gasteiger partial charge in [-0.3, -0.25) is 0 Å². The van der Waals surface area contributed by atoms with Gasteiger partial charge in [-0.25, -0.2) is 0 Å². The second kappa shape index (κ2) is 5.95. The van der Waals surface area contributed by atoms with Gasteiger partial charge in [0.15, 0.2) is 0 Å². The van der Waals surface area contributed by atoms with E-state index >= 15 is 0 Å². The van der Waals surface area contributed by atoms with Crippen LogP contribution in [-0.2, 0) is 13.5 Å². The molecule has 2 aromatic rings. The van der Waals surface area contributed by atoms with Gasteiger partial charge in [0, 0.05) is 42.1 Å². The van der Waals surface area contributed by atoms with Gasteiger partial charge in [-0.15, -0.1) is 0 Å². The molecule has 3 saturated heterocycles. The van der Waals surface area contributed by atoms with Gasteiger partial charge in [0.1, 0.15) is 0 Å². The van der Waals surface area contributed by atoms with Crippen LogP contribution in [0.2, 0.25) is 0 Å². The Morgan fingerprint density at radius 3 is 2.61 bits per heavy atom. The molecule has 3 nitrogen and oxygen atoms in total. The molecule has 3 fully saturated rings. The highest BCUT2D eigenvalue weighted by atomic mass is 15.2. The zero-order valence-electron chi connectivity index (χ0n) is 14.5. The van der Waals surface area contributed by atoms with E-state index < -0.39 is 0 Å². The van der Waals surface area contributed by atoms with E-state index in [1.165, 1.54) is 43.4 Å². The van der Waals surface area contributed by atoms with Crippen molar-refractivity contribution >= 4 is 10.9 Å². The Morgan fingerprint density at radius 2 is 1.96 bits per heavy atom. The monoisotopic (exact) mass is 311 g/mol. The second-order valence-corrected chi connectivity index (χ2v) is 7.70. The van der Waals surface area contributed by atoms with E-state index in [0.717, 1.165) is 18.8 Å². The minimum Gasteiger partial charge on any atom is -0.347 e. The molecule has 0 radical (unpaired) electrons. The molecule has 3 aliphatic rings. The predicted octanol–water partition coefficient (Wildman–Crippen LogP) is 3.27. The van der Waals surface area contributed by atoms with Crippen molar-refractivity contribution in [1.29, 1.82) is 0 Å². The molecule has 3 heteroatoms. The number of benzene rings is 1. The molecule has 3 aliphatic heterocycles. The van der Waals surface area contributed by atoms with Crippen molar-refractivity contribution in [3.05, 3.63) is 35.5 Å². The highest BCUT2D eigenvalue weighted by molar-refractivity contribution is 5.85. The highest BCUT2D eigenvalue weighted by Crippen LogP contribution is 2.42. The van der Waals surface area contributed by atoms with Crippen molar-refractivity contribution in [2.45, 2.75) is 44.6 Å². The summed E-state index contributed by atoms with van der Waals surface area (Å²) < 4.78 is 2.48. The van der Waals surface area contributed by atoms with Crippen LogP contribution in [0.3, 0.4) is 0 Å². The first-order valence-corrected chi connectivity index (χ1v) is 9.19. The number of piperidine rings is 3. The number of fused-ring (bicyclic) bond motifs is 4. The van der Waals surface area contributed by atoms with Crippen LogP contribution in [0, 0.1) is 5.92 Å². The lowest BCUT2D eigenvalue weighted by Gasteiger charge is -2.45. The normalized spacial score (nSPS) is 28.4. The Bertz CT molecular complexity index is 692. The molecule has 0 aliphatic carbocycles. The molecular formula is C20H29N3. The lowest BCUT2D eigenvalue weighted by molar-refractivity contribution is 0.0841. The first-order chi connectivity index (χ1) is 11.1. The lowest BCUT2D eigenvalue weighted by atomic mass is 9.76. The maximum atomic E-state index is 6.07. The summed E-state index contributed by atoms with van der Waals surface area (Å²) in [7, 11) is 2.27. The van der Waals surface area contributed by atoms with Gasteiger partial charge in [-0.2, -0.15) is 0 Å². The number of hydrogen-bond donors (Lipinski definition) is 1. The van der Waals surface area contributed by atoms with Crippen LogP contribution in [0.5, 0.6) is 0 Å². The van der Waals surface area contributed by atoms with Gasteiger partial charge in [-0.1, -0.05) is 18.2 Å². The number of rotatable bonds is 4. The molecule has 2 bridgehead atoms. The van der Waals surface area contributed by atoms with E-state index in [9.17, 15) is 0 Å². The largest absolute Gasteiger partial charge is 0.347 e. The molecule has 1 aromatic heterocycles. The van der Waals surface area contributed by atoms with Crippen molar-refractivity contribution in [3.63, 3.8) is 0 Å². The minimum atomic E-state index is 0.272. The third-order valence-electron chi connectivity index (χ3n) is 6.12. The van der Waals surface area contributed by atoms with E-state index in [0.29, 0.717) is 5.92 Å². The van der Waals surface area contributed by atoms with Crippen molar-refractivity contribution < 1.29 is 0 Å². The molecule has 0 spiro atoms. The van der Waals surface area contributed by atoms with E-state index in [-0.39, 0.29) is 6.04 Å². The standard InChI is InChI=1S/C20H29N3/c1-14(21)7-8-17-16-5-3-4-6-19(16)22(2)20(17)18-13-23-11-9-15(18)10-12-23/h3-6,14-15,18H,7-13,21H2,1-2H3. The molecule has 0 amide bonds. The quantitative estimate of drug-likeness (QED) is 0.940. The highest BCUT2D eigenvalue weighted by Gasteiger charge is 2.37. The van der Waals surface area contributed by atoms with Crippen LogP contribution in [-0.4, -0.2) is 35.1 Å². The van der Waals surface area contributed by atoms with Crippen LogP contribution < -0.4 is 5.73 Å². The van der Waals surface area contributed by atoms with E-state index in [1.807, 2.05) is 0 Å². The van der Waals surface area contributed by atoms with Crippen molar-refractivity contribution in [2.24, 2.45) is 18.7 Å². The summed E-state index contributed by atoms with van der Waals surface area (Å²) in [5.41, 5.74) is 10.6. The van der Waals surface area contributed by atoms with Crippen molar-refractivity contribution in [2.75, 3.05) is 19.6 Å². The molecule has 1 aromatic carbocycles. The van der Waals surface area contributed by atoms with Gasteiger partial charge < -0.3 is 15.2 Å². The van der Waals surface area contributed by atoms with Gasteiger partial charge >= 0.3 is 0 Å². The van der Waals surface area contributed by atoms with Crippen molar-refractivity contribution in [1.82, 2.24) is 9.47 Å². The summed E-state index contributed by atoms with van der Waals surface area (Å²) in [6.45, 7) is 5.99. The predicted molar refractivity (Wildman–Crippen MR) is 96.8 cm³/mol. The molecule has 5 rings (SSSR count). The second-order valence-electron chi connectivity index (χ2n) is 7.70. The number of aromatic nitrogens is 1. The Hall–Kier alpha value is -1.32. The lowest BCUT2D eigenvalue weighted by Crippen LogP contribution is -2.46. The van der Waals surface area contributed by atoms with Crippen LogP contribution in [0.4, 0.5) is 0 Å². The third-order valence-corrected chi connectivity index (χ3v) is 6.12. The zero-order chi connectivity index (χ0) is 16.0. The van der Waals surface area contributed by atoms with Gasteiger partial charge in [0.2, 0.25) is 0 Å². The molecule has 0 saturated carbocycles. The van der Waals surface area contributed by atoms with E-state index in [4.69, 9.17) is 5.73 Å². The molecule has 124 valence electrons. The average Bonchev–Trinajstić information content (AvgIpc) is 2.86. The molecule has 2 atom stereocenters. The maximum absolute atomic E-state index is 6.07. The summed E-state index contributed by atoms with van der Waals surface area (Å²) in [6.07, 6.45) is 4.93. The Labute approximate surface area is 139 Å². The topological polar surface area (TPSA) is 34.2 Å². The average molecular weight is 311 g/mol. The fourth-order valence-corrected chi connectivity index (χ4v) is 4.87. The Morgan fingerprint density at radius 1 is 1.22 bits per heavy atom. The Kier molecular flexibility index (Phi) is 3.94. The van der Waals surface area contributed by atoms with Gasteiger partial charge in [-0.05, 0) is 63.2 Å². The number of para-hydroxylation sites is 1. The minimum absolute atomic E-state index is 0.272. The van der Waals surface area contributed by atoms with E-state index in [1.54, 1.807) is 11.3 Å².